The van der Waals surface area contributed by atoms with Crippen LogP contribution in [-0.2, 0) is 4.79 Å². The molecule has 0 saturated carbocycles. The Bertz CT molecular complexity index is 756. The van der Waals surface area contributed by atoms with Gasteiger partial charge in [-0.3, -0.25) is 0 Å². The Labute approximate surface area is 148 Å². The molecule has 3 N–H and O–H groups in total. The third-order valence-corrected chi connectivity index (χ3v) is 3.54. The van der Waals surface area contributed by atoms with Crippen LogP contribution in [0, 0.1) is 5.82 Å². The third-order valence-electron chi connectivity index (χ3n) is 3.31. The van der Waals surface area contributed by atoms with Crippen LogP contribution in [0.15, 0.2) is 36.4 Å². The third kappa shape index (κ3) is 4.98. The molecule has 25 heavy (non-hydrogen) atoms. The zero-order valence-corrected chi connectivity index (χ0v) is 14.1. The number of nitrogens with one attached hydrogen (secondary N) is 1. The van der Waals surface area contributed by atoms with Gasteiger partial charge in [-0.25, -0.2) is 9.18 Å². The summed E-state index contributed by atoms with van der Waals surface area (Å²) in [5, 5.41) is 21.2. The van der Waals surface area contributed by atoms with Crippen LogP contribution in [0.2, 0.25) is 5.02 Å². The predicted octanol–water partition coefficient (Wildman–Crippen LogP) is 3.10. The molecule has 2 aromatic rings. The quantitative estimate of drug-likeness (QED) is 0.662. The Morgan fingerprint density at radius 3 is 2.60 bits per heavy atom. The fourth-order valence-electron chi connectivity index (χ4n) is 2.19. The summed E-state index contributed by atoms with van der Waals surface area (Å²) in [5.74, 6) is -1.20. The number of aliphatic hydroxyl groups excluding tert-OH is 1. The van der Waals surface area contributed by atoms with Crippen molar-refractivity contribution in [2.45, 2.75) is 6.04 Å². The number of carboxylic acids is 1. The minimum Gasteiger partial charge on any atom is -0.497 e. The van der Waals surface area contributed by atoms with Gasteiger partial charge in [0, 0.05) is 34.5 Å². The molecule has 0 aliphatic carbocycles. The van der Waals surface area contributed by atoms with E-state index in [4.69, 9.17) is 26.2 Å². The molecule has 2 aromatic carbocycles. The van der Waals surface area contributed by atoms with Gasteiger partial charge in [-0.2, -0.15) is 0 Å². The minimum absolute atomic E-state index is 0.0578. The van der Waals surface area contributed by atoms with Crippen LogP contribution in [0.25, 0.3) is 0 Å². The maximum Gasteiger partial charge on any atom is 0.330 e. The lowest BCUT2D eigenvalue weighted by Crippen LogP contribution is -2.21. The number of methoxy groups -OCH3 is 1. The van der Waals surface area contributed by atoms with Crippen molar-refractivity contribution in [3.8, 4) is 11.5 Å². The molecule has 0 amide bonds. The Morgan fingerprint density at radius 1 is 1.28 bits per heavy atom. The standard InChI is InChI=1S/C17H17ClFNO5/c1-24-12-7-11(8-13(9-12)25-5-4-21)20-16(17(22)23)14-3-2-10(18)6-15(14)19/h2-3,6-9,16,20-21H,4-5H2,1H3,(H,22,23). The van der Waals surface area contributed by atoms with Gasteiger partial charge >= 0.3 is 5.97 Å². The molecule has 8 heteroatoms. The molecule has 0 saturated heterocycles. The van der Waals surface area contributed by atoms with E-state index in [1.54, 1.807) is 12.1 Å². The highest BCUT2D eigenvalue weighted by atomic mass is 35.5. The monoisotopic (exact) mass is 369 g/mol. The van der Waals surface area contributed by atoms with Crippen molar-refractivity contribution in [1.29, 1.82) is 0 Å². The van der Waals surface area contributed by atoms with E-state index in [-0.39, 0.29) is 23.8 Å². The zero-order chi connectivity index (χ0) is 18.4. The first-order valence-electron chi connectivity index (χ1n) is 7.31. The number of ether oxygens (including phenoxy) is 2. The van der Waals surface area contributed by atoms with E-state index < -0.39 is 17.8 Å². The summed E-state index contributed by atoms with van der Waals surface area (Å²) in [6.45, 7) is -0.103. The molecular formula is C17H17ClFNO5. The molecule has 0 aliphatic rings. The SMILES string of the molecule is COc1cc(NC(C(=O)O)c2ccc(Cl)cc2F)cc(OCCO)c1. The van der Waals surface area contributed by atoms with Gasteiger partial charge in [0.2, 0.25) is 0 Å². The molecule has 0 spiro atoms. The first-order chi connectivity index (χ1) is 11.9. The fourth-order valence-corrected chi connectivity index (χ4v) is 2.35. The molecule has 1 unspecified atom stereocenters. The molecule has 0 aliphatic heterocycles. The van der Waals surface area contributed by atoms with Gasteiger partial charge in [-0.15, -0.1) is 0 Å². The second-order valence-corrected chi connectivity index (χ2v) is 5.49. The predicted molar refractivity (Wildman–Crippen MR) is 91.0 cm³/mol. The molecule has 0 aromatic heterocycles. The highest BCUT2D eigenvalue weighted by molar-refractivity contribution is 6.30. The van der Waals surface area contributed by atoms with E-state index in [2.05, 4.69) is 5.32 Å². The first-order valence-corrected chi connectivity index (χ1v) is 7.69. The van der Waals surface area contributed by atoms with Crippen LogP contribution in [0.4, 0.5) is 10.1 Å². The first kappa shape index (κ1) is 18.8. The Kier molecular flexibility index (Phi) is 6.44. The number of hydrogen-bond acceptors (Lipinski definition) is 5. The van der Waals surface area contributed by atoms with Crippen molar-refractivity contribution >= 4 is 23.3 Å². The zero-order valence-electron chi connectivity index (χ0n) is 13.3. The lowest BCUT2D eigenvalue weighted by Gasteiger charge is -2.18. The summed E-state index contributed by atoms with van der Waals surface area (Å²) in [4.78, 5) is 11.6. The summed E-state index contributed by atoms with van der Waals surface area (Å²) in [5.41, 5.74) is 0.298. The van der Waals surface area contributed by atoms with Gasteiger partial charge in [0.15, 0.2) is 6.04 Å². The van der Waals surface area contributed by atoms with E-state index in [9.17, 15) is 14.3 Å². The van der Waals surface area contributed by atoms with Crippen molar-refractivity contribution in [2.24, 2.45) is 0 Å². The van der Waals surface area contributed by atoms with Gasteiger partial charge in [-0.1, -0.05) is 17.7 Å². The van der Waals surface area contributed by atoms with Gasteiger partial charge in [0.25, 0.3) is 0 Å². The molecule has 1 atom stereocenters. The van der Waals surface area contributed by atoms with E-state index in [0.29, 0.717) is 17.2 Å². The Hall–Kier alpha value is -2.51. The number of aliphatic hydroxyl groups is 1. The van der Waals surface area contributed by atoms with Crippen molar-refractivity contribution in [3.05, 3.63) is 52.8 Å². The summed E-state index contributed by atoms with van der Waals surface area (Å²) < 4.78 is 24.5. The average Bonchev–Trinajstić information content (AvgIpc) is 2.58. The van der Waals surface area contributed by atoms with Crippen molar-refractivity contribution < 1.29 is 28.9 Å². The van der Waals surface area contributed by atoms with Crippen LogP contribution in [-0.4, -0.2) is 36.5 Å². The maximum absolute atomic E-state index is 14.1. The second-order valence-electron chi connectivity index (χ2n) is 5.05. The van der Waals surface area contributed by atoms with Crippen molar-refractivity contribution in [2.75, 3.05) is 25.6 Å². The molecule has 134 valence electrons. The van der Waals surface area contributed by atoms with E-state index in [1.165, 1.54) is 25.3 Å². The average molecular weight is 370 g/mol. The van der Waals surface area contributed by atoms with Crippen molar-refractivity contribution in [1.82, 2.24) is 0 Å². The van der Waals surface area contributed by atoms with Gasteiger partial charge < -0.3 is 25.0 Å². The van der Waals surface area contributed by atoms with Gasteiger partial charge in [-0.05, 0) is 12.1 Å². The van der Waals surface area contributed by atoms with E-state index in [0.717, 1.165) is 6.07 Å². The van der Waals surface area contributed by atoms with Crippen LogP contribution in [0.3, 0.4) is 0 Å². The number of anilines is 1. The number of aliphatic carboxylic acids is 1. The number of benzene rings is 2. The highest BCUT2D eigenvalue weighted by Crippen LogP contribution is 2.30. The molecule has 0 radical (unpaired) electrons. The Balaban J connectivity index is 2.34. The van der Waals surface area contributed by atoms with E-state index >= 15 is 0 Å². The topological polar surface area (TPSA) is 88.0 Å². The fraction of sp³-hybridized carbons (Fsp3) is 0.235. The molecular weight excluding hydrogens is 353 g/mol. The normalized spacial score (nSPS) is 11.7. The van der Waals surface area contributed by atoms with Crippen LogP contribution < -0.4 is 14.8 Å². The van der Waals surface area contributed by atoms with Gasteiger partial charge in [0.05, 0.1) is 13.7 Å². The maximum atomic E-state index is 14.1. The lowest BCUT2D eigenvalue weighted by molar-refractivity contribution is -0.138. The van der Waals surface area contributed by atoms with Crippen LogP contribution in [0.5, 0.6) is 11.5 Å². The molecule has 6 nitrogen and oxygen atoms in total. The lowest BCUT2D eigenvalue weighted by atomic mass is 10.1. The van der Waals surface area contributed by atoms with Gasteiger partial charge in [0.1, 0.15) is 23.9 Å². The highest BCUT2D eigenvalue weighted by Gasteiger charge is 2.23. The van der Waals surface area contributed by atoms with Crippen LogP contribution in [0.1, 0.15) is 11.6 Å². The molecule has 2 rings (SSSR count). The largest absolute Gasteiger partial charge is 0.497 e. The summed E-state index contributed by atoms with van der Waals surface area (Å²) in [6, 6.07) is 7.11. The number of rotatable bonds is 8. The molecule has 0 bridgehead atoms. The smallest absolute Gasteiger partial charge is 0.330 e. The number of hydrogen-bond donors (Lipinski definition) is 3. The summed E-state index contributed by atoms with van der Waals surface area (Å²) in [7, 11) is 1.45. The number of carbonyl (C=O) groups is 1. The molecule has 0 heterocycles. The molecule has 0 fully saturated rings. The van der Waals surface area contributed by atoms with Crippen molar-refractivity contribution in [3.63, 3.8) is 0 Å². The second kappa shape index (κ2) is 8.55. The number of halogens is 2. The minimum atomic E-state index is -1.34. The van der Waals surface area contributed by atoms with E-state index in [1.807, 2.05) is 0 Å². The summed E-state index contributed by atoms with van der Waals surface area (Å²) >= 11 is 5.71. The number of carboxylic acid groups (broad SMARTS) is 1. The Morgan fingerprint density at radius 2 is 2.00 bits per heavy atom. The van der Waals surface area contributed by atoms with Crippen LogP contribution >= 0.6 is 11.6 Å². The summed E-state index contributed by atoms with van der Waals surface area (Å²) in [6.07, 6.45) is 0.